The molecule has 170 valence electrons. The second kappa shape index (κ2) is 7.67. The highest BCUT2D eigenvalue weighted by Gasteiger charge is 2.51. The molecule has 2 aromatic rings. The summed E-state index contributed by atoms with van der Waals surface area (Å²) < 4.78 is 6.58. The maximum Gasteiger partial charge on any atom is 0.335 e. The molecule has 33 heavy (non-hydrogen) atoms. The summed E-state index contributed by atoms with van der Waals surface area (Å²) in [5, 5.41) is 2.27. The van der Waals surface area contributed by atoms with Gasteiger partial charge in [-0.2, -0.15) is 0 Å². The lowest BCUT2D eigenvalue weighted by molar-refractivity contribution is -0.122. The summed E-state index contributed by atoms with van der Waals surface area (Å²) in [6.07, 6.45) is 9.23. The molecule has 4 aliphatic carbocycles. The SMILES string of the molecule is O=C1NC(=O)N(c2ccc(C34CC5CC(CC(C5)C3)C4)cc2)C(=O)/C1=C/c1cc(Br)c(Br)o1. The highest BCUT2D eigenvalue weighted by molar-refractivity contribution is 9.13. The number of benzene rings is 1. The number of anilines is 1. The lowest BCUT2D eigenvalue weighted by Crippen LogP contribution is -2.54. The highest BCUT2D eigenvalue weighted by atomic mass is 79.9. The van der Waals surface area contributed by atoms with Crippen LogP contribution in [0, 0.1) is 17.8 Å². The first-order valence-corrected chi connectivity index (χ1v) is 12.9. The molecular formula is C25H22Br2N2O4. The van der Waals surface area contributed by atoms with E-state index in [9.17, 15) is 14.4 Å². The third kappa shape index (κ3) is 3.53. The van der Waals surface area contributed by atoms with Crippen LogP contribution in [-0.4, -0.2) is 17.8 Å². The van der Waals surface area contributed by atoms with Gasteiger partial charge in [0.1, 0.15) is 11.3 Å². The molecule has 1 N–H and O–H groups in total. The zero-order valence-electron chi connectivity index (χ0n) is 17.8. The van der Waals surface area contributed by atoms with Crippen LogP contribution in [0.3, 0.4) is 0 Å². The minimum Gasteiger partial charge on any atom is -0.449 e. The second-order valence-corrected chi connectivity index (χ2v) is 11.5. The zero-order valence-corrected chi connectivity index (χ0v) is 20.9. The molecule has 4 bridgehead atoms. The normalized spacial score (nSPS) is 32.1. The van der Waals surface area contributed by atoms with Gasteiger partial charge in [0.2, 0.25) is 0 Å². The third-order valence-electron chi connectivity index (χ3n) is 7.83. The molecule has 0 radical (unpaired) electrons. The van der Waals surface area contributed by atoms with Gasteiger partial charge < -0.3 is 4.42 Å². The Labute approximate surface area is 208 Å². The van der Waals surface area contributed by atoms with E-state index in [0.717, 1.165) is 22.7 Å². The zero-order chi connectivity index (χ0) is 22.9. The Balaban J connectivity index is 1.30. The number of hydrogen-bond acceptors (Lipinski definition) is 4. The average molecular weight is 574 g/mol. The molecular weight excluding hydrogens is 552 g/mol. The number of furan rings is 1. The molecule has 1 aliphatic heterocycles. The van der Waals surface area contributed by atoms with Gasteiger partial charge in [-0.1, -0.05) is 12.1 Å². The van der Waals surface area contributed by atoms with Crippen molar-refractivity contribution in [2.24, 2.45) is 17.8 Å². The summed E-state index contributed by atoms with van der Waals surface area (Å²) in [7, 11) is 0. The van der Waals surface area contributed by atoms with Crippen molar-refractivity contribution in [3.63, 3.8) is 0 Å². The van der Waals surface area contributed by atoms with Crippen LogP contribution in [-0.2, 0) is 15.0 Å². The van der Waals surface area contributed by atoms with Crippen LogP contribution in [0.2, 0.25) is 0 Å². The molecule has 4 amide bonds. The largest absolute Gasteiger partial charge is 0.449 e. The van der Waals surface area contributed by atoms with Crippen molar-refractivity contribution >= 4 is 61.5 Å². The predicted octanol–water partition coefficient (Wildman–Crippen LogP) is 5.94. The summed E-state index contributed by atoms with van der Waals surface area (Å²) >= 11 is 6.55. The Morgan fingerprint density at radius 2 is 1.58 bits per heavy atom. The summed E-state index contributed by atoms with van der Waals surface area (Å²) in [5.41, 5.74) is 1.84. The van der Waals surface area contributed by atoms with Gasteiger partial charge in [-0.25, -0.2) is 9.69 Å². The maximum absolute atomic E-state index is 13.2. The van der Waals surface area contributed by atoms with Crippen LogP contribution >= 0.6 is 31.9 Å². The maximum atomic E-state index is 13.2. The van der Waals surface area contributed by atoms with Gasteiger partial charge in [0.05, 0.1) is 10.2 Å². The van der Waals surface area contributed by atoms with E-state index in [-0.39, 0.29) is 11.0 Å². The number of nitrogens with zero attached hydrogens (tertiary/aromatic N) is 1. The quantitative estimate of drug-likeness (QED) is 0.364. The van der Waals surface area contributed by atoms with Crippen molar-refractivity contribution in [3.8, 4) is 0 Å². The average Bonchev–Trinajstić information content (AvgIpc) is 3.07. The summed E-state index contributed by atoms with van der Waals surface area (Å²) in [6.45, 7) is 0. The Morgan fingerprint density at radius 3 is 2.12 bits per heavy atom. The van der Waals surface area contributed by atoms with Crippen molar-refractivity contribution in [2.75, 3.05) is 4.90 Å². The molecule has 4 saturated carbocycles. The Bertz CT molecular complexity index is 1160. The number of rotatable bonds is 3. The van der Waals surface area contributed by atoms with Crippen LogP contribution in [0.1, 0.15) is 49.8 Å². The number of carbonyl (C=O) groups excluding carboxylic acids is 3. The van der Waals surface area contributed by atoms with Gasteiger partial charge in [-0.05, 0) is 123 Å². The van der Waals surface area contributed by atoms with Gasteiger partial charge in [0.15, 0.2) is 4.67 Å². The van der Waals surface area contributed by atoms with E-state index in [1.54, 1.807) is 6.07 Å². The van der Waals surface area contributed by atoms with E-state index in [0.29, 0.717) is 20.6 Å². The van der Waals surface area contributed by atoms with E-state index in [4.69, 9.17) is 4.42 Å². The number of urea groups is 1. The van der Waals surface area contributed by atoms with Crippen LogP contribution < -0.4 is 10.2 Å². The molecule has 8 heteroatoms. The lowest BCUT2D eigenvalue weighted by Gasteiger charge is -2.57. The number of carbonyl (C=O) groups is 3. The van der Waals surface area contributed by atoms with E-state index < -0.39 is 17.8 Å². The lowest BCUT2D eigenvalue weighted by atomic mass is 9.48. The minimum atomic E-state index is -0.744. The molecule has 5 aliphatic rings. The van der Waals surface area contributed by atoms with Crippen LogP contribution in [0.25, 0.3) is 6.08 Å². The van der Waals surface area contributed by atoms with Crippen LogP contribution in [0.4, 0.5) is 10.5 Å². The molecule has 0 atom stereocenters. The summed E-state index contributed by atoms with van der Waals surface area (Å²) in [6, 6.07) is 8.70. The number of imide groups is 2. The Hall–Kier alpha value is -2.19. The van der Waals surface area contributed by atoms with E-state index in [1.807, 2.05) is 12.1 Å². The molecule has 7 rings (SSSR count). The van der Waals surface area contributed by atoms with Crippen molar-refractivity contribution in [1.82, 2.24) is 5.32 Å². The Kier molecular flexibility index (Phi) is 4.96. The number of nitrogens with one attached hydrogen (secondary N) is 1. The standard InChI is InChI=1S/C25H22Br2N2O4/c26-20-9-18(33-21(20)27)8-19-22(30)28-24(32)29(23(19)31)17-3-1-16(2-4-17)25-10-13-5-14(11-25)7-15(6-13)12-25/h1-4,8-9,13-15H,5-7,10-12H2,(H,28,30,32)/b19-8+. The molecule has 0 spiro atoms. The van der Waals surface area contributed by atoms with Crippen LogP contribution in [0.15, 0.2) is 49.5 Å². The monoisotopic (exact) mass is 572 g/mol. The van der Waals surface area contributed by atoms with Crippen molar-refractivity contribution in [3.05, 3.63) is 56.4 Å². The fourth-order valence-electron chi connectivity index (χ4n) is 6.90. The molecule has 5 fully saturated rings. The predicted molar refractivity (Wildman–Crippen MR) is 129 cm³/mol. The fourth-order valence-corrected chi connectivity index (χ4v) is 7.50. The molecule has 1 aromatic carbocycles. The van der Waals surface area contributed by atoms with E-state index in [2.05, 4.69) is 49.3 Å². The smallest absolute Gasteiger partial charge is 0.335 e. The number of hydrogen-bond donors (Lipinski definition) is 1. The first-order chi connectivity index (χ1) is 15.8. The highest BCUT2D eigenvalue weighted by Crippen LogP contribution is 2.60. The topological polar surface area (TPSA) is 79.6 Å². The van der Waals surface area contributed by atoms with E-state index >= 15 is 0 Å². The van der Waals surface area contributed by atoms with Crippen LogP contribution in [0.5, 0.6) is 0 Å². The van der Waals surface area contributed by atoms with Crippen molar-refractivity contribution < 1.29 is 18.8 Å². The van der Waals surface area contributed by atoms with Gasteiger partial charge >= 0.3 is 6.03 Å². The molecule has 2 heterocycles. The van der Waals surface area contributed by atoms with E-state index in [1.165, 1.54) is 50.2 Å². The first-order valence-electron chi connectivity index (χ1n) is 11.3. The van der Waals surface area contributed by atoms with Gasteiger partial charge in [0, 0.05) is 0 Å². The number of barbiturate groups is 1. The van der Waals surface area contributed by atoms with Crippen molar-refractivity contribution in [1.29, 1.82) is 0 Å². The van der Waals surface area contributed by atoms with Gasteiger partial charge in [-0.3, -0.25) is 14.9 Å². The summed E-state index contributed by atoms with van der Waals surface area (Å²) in [4.78, 5) is 39.2. The molecule has 0 unspecified atom stereocenters. The third-order valence-corrected chi connectivity index (χ3v) is 9.54. The van der Waals surface area contributed by atoms with Gasteiger partial charge in [0.25, 0.3) is 11.8 Å². The molecule has 6 nitrogen and oxygen atoms in total. The number of halogens is 2. The minimum absolute atomic E-state index is 0.159. The van der Waals surface area contributed by atoms with Gasteiger partial charge in [-0.15, -0.1) is 0 Å². The molecule has 1 saturated heterocycles. The second-order valence-electron chi connectivity index (χ2n) is 9.97. The fraction of sp³-hybridized carbons (Fsp3) is 0.400. The summed E-state index contributed by atoms with van der Waals surface area (Å²) in [5.74, 6) is 1.42. The number of amides is 4. The molecule has 1 aromatic heterocycles. The Morgan fingerprint density at radius 1 is 0.970 bits per heavy atom. The van der Waals surface area contributed by atoms with Crippen molar-refractivity contribution in [2.45, 2.75) is 43.9 Å². The first kappa shape index (κ1) is 21.4.